The zero-order valence-corrected chi connectivity index (χ0v) is 12.9. The van der Waals surface area contributed by atoms with Crippen molar-refractivity contribution >= 4 is 11.6 Å². The van der Waals surface area contributed by atoms with Crippen LogP contribution in [0.2, 0.25) is 5.02 Å². The third-order valence-electron chi connectivity index (χ3n) is 3.47. The molecule has 1 saturated carbocycles. The Morgan fingerprint density at radius 3 is 2.38 bits per heavy atom. The molecule has 2 aromatic rings. The minimum absolute atomic E-state index is 0.353. The fourth-order valence-corrected chi connectivity index (χ4v) is 2.22. The summed E-state index contributed by atoms with van der Waals surface area (Å²) in [7, 11) is 0. The summed E-state index contributed by atoms with van der Waals surface area (Å²) in [6.45, 7) is 4.72. The second-order valence-electron chi connectivity index (χ2n) is 5.50. The molecule has 0 amide bonds. The molecular weight excluding hydrogens is 286 g/mol. The fraction of sp³-hybridized carbons (Fsp3) is 0.375. The molecule has 0 atom stereocenters. The quantitative estimate of drug-likeness (QED) is 0.913. The van der Waals surface area contributed by atoms with Gasteiger partial charge in [-0.05, 0) is 49.9 Å². The molecule has 1 heterocycles. The highest BCUT2D eigenvalue weighted by atomic mass is 35.5. The number of aromatic nitrogens is 2. The molecule has 110 valence electrons. The van der Waals surface area contributed by atoms with Crippen molar-refractivity contribution in [1.29, 1.82) is 0 Å². The Hall–Kier alpha value is -1.65. The maximum Gasteiger partial charge on any atom is 0.321 e. The van der Waals surface area contributed by atoms with Crippen molar-refractivity contribution in [3.8, 4) is 11.8 Å². The standard InChI is InChI=1S/C16H18ClN3O/c1-10-5-14(6-11(2)15(10)17)21-16-19-8-12(9-20-16)7-18-13-3-4-13/h5-6,8-9,13,18H,3-4,7H2,1-2H3. The lowest BCUT2D eigenvalue weighted by Crippen LogP contribution is -2.15. The molecule has 4 nitrogen and oxygen atoms in total. The van der Waals surface area contributed by atoms with Gasteiger partial charge in [0, 0.05) is 35.6 Å². The Balaban J connectivity index is 1.66. The number of nitrogens with one attached hydrogen (secondary N) is 1. The Bertz CT molecular complexity index is 615. The minimum atomic E-state index is 0.353. The van der Waals surface area contributed by atoms with Crippen LogP contribution in [0.1, 0.15) is 29.5 Å². The SMILES string of the molecule is Cc1cc(Oc2ncc(CNC3CC3)cn2)cc(C)c1Cl. The largest absolute Gasteiger partial charge is 0.424 e. The van der Waals surface area contributed by atoms with Crippen LogP contribution in [-0.4, -0.2) is 16.0 Å². The van der Waals surface area contributed by atoms with Crippen LogP contribution in [0.5, 0.6) is 11.8 Å². The summed E-state index contributed by atoms with van der Waals surface area (Å²) in [5.41, 5.74) is 3.03. The molecule has 21 heavy (non-hydrogen) atoms. The number of rotatable bonds is 5. The summed E-state index contributed by atoms with van der Waals surface area (Å²) >= 11 is 6.14. The van der Waals surface area contributed by atoms with Crippen molar-refractivity contribution < 1.29 is 4.74 Å². The van der Waals surface area contributed by atoms with E-state index >= 15 is 0 Å². The van der Waals surface area contributed by atoms with E-state index in [4.69, 9.17) is 16.3 Å². The van der Waals surface area contributed by atoms with Crippen LogP contribution >= 0.6 is 11.6 Å². The number of aryl methyl sites for hydroxylation is 2. The summed E-state index contributed by atoms with van der Waals surface area (Å²) in [6, 6.07) is 4.81. The van der Waals surface area contributed by atoms with Gasteiger partial charge in [0.2, 0.25) is 0 Å². The van der Waals surface area contributed by atoms with Gasteiger partial charge in [-0.15, -0.1) is 0 Å². The summed E-state index contributed by atoms with van der Waals surface area (Å²) < 4.78 is 5.69. The normalized spacial score (nSPS) is 14.2. The highest BCUT2D eigenvalue weighted by Crippen LogP contribution is 2.27. The lowest BCUT2D eigenvalue weighted by Gasteiger charge is -2.08. The molecule has 0 unspecified atom stereocenters. The van der Waals surface area contributed by atoms with E-state index in [-0.39, 0.29) is 0 Å². The Labute approximate surface area is 129 Å². The molecule has 0 saturated heterocycles. The smallest absolute Gasteiger partial charge is 0.321 e. The van der Waals surface area contributed by atoms with E-state index in [9.17, 15) is 0 Å². The summed E-state index contributed by atoms with van der Waals surface area (Å²) in [5.74, 6) is 0.707. The molecule has 1 aromatic carbocycles. The maximum absolute atomic E-state index is 6.14. The van der Waals surface area contributed by atoms with Gasteiger partial charge in [-0.2, -0.15) is 0 Å². The van der Waals surface area contributed by atoms with Crippen LogP contribution in [0.15, 0.2) is 24.5 Å². The molecule has 0 spiro atoms. The highest BCUT2D eigenvalue weighted by Gasteiger charge is 2.20. The van der Waals surface area contributed by atoms with E-state index < -0.39 is 0 Å². The van der Waals surface area contributed by atoms with E-state index in [1.54, 1.807) is 12.4 Å². The average molecular weight is 304 g/mol. The predicted molar refractivity (Wildman–Crippen MR) is 82.9 cm³/mol. The minimum Gasteiger partial charge on any atom is -0.424 e. The summed E-state index contributed by atoms with van der Waals surface area (Å²) in [6.07, 6.45) is 6.15. The second-order valence-corrected chi connectivity index (χ2v) is 5.88. The Kier molecular flexibility index (Phi) is 4.08. The second kappa shape index (κ2) is 6.00. The molecule has 0 radical (unpaired) electrons. The van der Waals surface area contributed by atoms with Gasteiger partial charge >= 0.3 is 6.01 Å². The zero-order valence-electron chi connectivity index (χ0n) is 12.2. The summed E-state index contributed by atoms with van der Waals surface area (Å²) in [5, 5.41) is 4.20. The topological polar surface area (TPSA) is 47.0 Å². The number of hydrogen-bond donors (Lipinski definition) is 1. The number of ether oxygens (including phenoxy) is 1. The molecule has 1 fully saturated rings. The first-order valence-electron chi connectivity index (χ1n) is 7.11. The maximum atomic E-state index is 6.14. The van der Waals surface area contributed by atoms with Crippen molar-refractivity contribution in [2.45, 2.75) is 39.3 Å². The van der Waals surface area contributed by atoms with Gasteiger partial charge < -0.3 is 10.1 Å². The summed E-state index contributed by atoms with van der Waals surface area (Å²) in [4.78, 5) is 8.50. The van der Waals surface area contributed by atoms with Crippen LogP contribution in [0, 0.1) is 13.8 Å². The average Bonchev–Trinajstić information content (AvgIpc) is 3.28. The number of nitrogens with zero attached hydrogens (tertiary/aromatic N) is 2. The molecule has 1 aliphatic rings. The van der Waals surface area contributed by atoms with E-state index in [1.165, 1.54) is 12.8 Å². The van der Waals surface area contributed by atoms with Gasteiger partial charge in [0.05, 0.1) is 0 Å². The number of hydrogen-bond acceptors (Lipinski definition) is 4. The van der Waals surface area contributed by atoms with E-state index in [0.29, 0.717) is 17.8 Å². The lowest BCUT2D eigenvalue weighted by molar-refractivity contribution is 0.440. The van der Waals surface area contributed by atoms with E-state index in [1.807, 2.05) is 26.0 Å². The molecule has 0 bridgehead atoms. The van der Waals surface area contributed by atoms with Crippen LogP contribution in [0.4, 0.5) is 0 Å². The molecule has 1 N–H and O–H groups in total. The molecular formula is C16H18ClN3O. The van der Waals surface area contributed by atoms with Gasteiger partial charge in [0.25, 0.3) is 0 Å². The van der Waals surface area contributed by atoms with Crippen molar-refractivity contribution in [3.63, 3.8) is 0 Å². The first kappa shape index (κ1) is 14.3. The Morgan fingerprint density at radius 2 is 1.81 bits per heavy atom. The number of halogens is 1. The van der Waals surface area contributed by atoms with Gasteiger partial charge in [-0.3, -0.25) is 0 Å². The Morgan fingerprint density at radius 1 is 1.19 bits per heavy atom. The highest BCUT2D eigenvalue weighted by molar-refractivity contribution is 6.32. The van der Waals surface area contributed by atoms with Gasteiger partial charge in [-0.25, -0.2) is 9.97 Å². The third kappa shape index (κ3) is 3.71. The lowest BCUT2D eigenvalue weighted by atomic mass is 10.1. The first-order valence-corrected chi connectivity index (χ1v) is 7.48. The predicted octanol–water partition coefficient (Wildman–Crippen LogP) is 3.79. The molecule has 3 rings (SSSR count). The fourth-order valence-electron chi connectivity index (χ4n) is 2.11. The monoisotopic (exact) mass is 303 g/mol. The zero-order chi connectivity index (χ0) is 14.8. The van der Waals surface area contributed by atoms with Crippen molar-refractivity contribution in [1.82, 2.24) is 15.3 Å². The van der Waals surface area contributed by atoms with Crippen LogP contribution in [-0.2, 0) is 6.54 Å². The molecule has 0 aliphatic heterocycles. The van der Waals surface area contributed by atoms with Crippen molar-refractivity contribution in [2.24, 2.45) is 0 Å². The molecule has 1 aliphatic carbocycles. The van der Waals surface area contributed by atoms with Crippen LogP contribution in [0.25, 0.3) is 0 Å². The van der Waals surface area contributed by atoms with E-state index in [0.717, 1.165) is 28.3 Å². The number of benzene rings is 1. The van der Waals surface area contributed by atoms with Crippen LogP contribution in [0.3, 0.4) is 0 Å². The van der Waals surface area contributed by atoms with Gasteiger partial charge in [0.15, 0.2) is 0 Å². The van der Waals surface area contributed by atoms with Crippen molar-refractivity contribution in [2.75, 3.05) is 0 Å². The van der Waals surface area contributed by atoms with Gasteiger partial charge in [-0.1, -0.05) is 11.6 Å². The van der Waals surface area contributed by atoms with Crippen LogP contribution < -0.4 is 10.1 Å². The van der Waals surface area contributed by atoms with E-state index in [2.05, 4.69) is 15.3 Å². The van der Waals surface area contributed by atoms with Crippen molar-refractivity contribution in [3.05, 3.63) is 46.2 Å². The molecule has 5 heteroatoms. The third-order valence-corrected chi connectivity index (χ3v) is 4.07. The first-order chi connectivity index (χ1) is 10.1. The molecule has 1 aromatic heterocycles. The van der Waals surface area contributed by atoms with Gasteiger partial charge in [0.1, 0.15) is 5.75 Å².